The van der Waals surface area contributed by atoms with Gasteiger partial charge in [0, 0.05) is 6.42 Å². The van der Waals surface area contributed by atoms with Gasteiger partial charge in [0.25, 0.3) is 0 Å². The molecule has 0 aromatic carbocycles. The predicted octanol–water partition coefficient (Wildman–Crippen LogP) is 5.13. The van der Waals surface area contributed by atoms with E-state index in [4.69, 9.17) is 0 Å². The molecular weight excluding hydrogens is 208 g/mol. The van der Waals surface area contributed by atoms with Crippen LogP contribution >= 0.6 is 0 Å². The first-order valence-corrected chi connectivity index (χ1v) is 7.76. The van der Waals surface area contributed by atoms with E-state index in [2.05, 4.69) is 6.92 Å². The summed E-state index contributed by atoms with van der Waals surface area (Å²) in [5, 5.41) is 0. The van der Waals surface area contributed by atoms with Gasteiger partial charge in [-0.15, -0.1) is 0 Å². The summed E-state index contributed by atoms with van der Waals surface area (Å²) in [6, 6.07) is 0. The molecule has 0 spiro atoms. The minimum atomic E-state index is 0.764. The smallest absolute Gasteiger partial charge is 0.119 e. The van der Waals surface area contributed by atoms with Gasteiger partial charge in [-0.25, -0.2) is 0 Å². The summed E-state index contributed by atoms with van der Waals surface area (Å²) in [7, 11) is 0. The van der Waals surface area contributed by atoms with Crippen molar-refractivity contribution < 1.29 is 4.79 Å². The van der Waals surface area contributed by atoms with Crippen LogP contribution < -0.4 is 0 Å². The molecule has 1 nitrogen and oxygen atoms in total. The average molecular weight is 238 g/mol. The van der Waals surface area contributed by atoms with Crippen molar-refractivity contribution in [3.63, 3.8) is 0 Å². The quantitative estimate of drug-likeness (QED) is 0.381. The van der Waals surface area contributed by atoms with E-state index in [1.165, 1.54) is 64.2 Å². The Labute approximate surface area is 107 Å². The van der Waals surface area contributed by atoms with Crippen molar-refractivity contribution in [3.05, 3.63) is 0 Å². The van der Waals surface area contributed by atoms with Crippen molar-refractivity contribution in [3.8, 4) is 0 Å². The number of hydrogen-bond donors (Lipinski definition) is 0. The van der Waals surface area contributed by atoms with Crippen LogP contribution in [0.3, 0.4) is 0 Å². The second-order valence-corrected chi connectivity index (χ2v) is 6.00. The second-order valence-electron chi connectivity index (χ2n) is 6.00. The normalized spacial score (nSPS) is 24.1. The van der Waals surface area contributed by atoms with Gasteiger partial charge in [-0.05, 0) is 24.7 Å². The summed E-state index contributed by atoms with van der Waals surface area (Å²) >= 11 is 0. The zero-order valence-electron chi connectivity index (χ0n) is 11.6. The molecule has 1 heteroatoms. The Hall–Kier alpha value is -0.330. The standard InChI is InChI=1S/C16H30O/c1-15-11-12-16(14-15)10-8-6-4-2-3-5-7-9-13-17/h13,15-16H,2-12,14H2,1H3. The number of carbonyl (C=O) groups excluding carboxylic acids is 1. The third kappa shape index (κ3) is 7.57. The molecule has 1 rings (SSSR count). The van der Waals surface area contributed by atoms with Gasteiger partial charge in [0.15, 0.2) is 0 Å². The van der Waals surface area contributed by atoms with Crippen molar-refractivity contribution in [2.45, 2.75) is 84.0 Å². The molecule has 17 heavy (non-hydrogen) atoms. The van der Waals surface area contributed by atoms with Gasteiger partial charge >= 0.3 is 0 Å². The van der Waals surface area contributed by atoms with Crippen LogP contribution in [0.5, 0.6) is 0 Å². The van der Waals surface area contributed by atoms with Crippen LogP contribution in [-0.2, 0) is 4.79 Å². The van der Waals surface area contributed by atoms with Crippen LogP contribution in [0.25, 0.3) is 0 Å². The molecule has 1 fully saturated rings. The second kappa shape index (κ2) is 9.67. The molecule has 0 heterocycles. The lowest BCUT2D eigenvalue weighted by Gasteiger charge is -2.08. The third-order valence-electron chi connectivity index (χ3n) is 4.24. The Morgan fingerprint density at radius 3 is 2.18 bits per heavy atom. The monoisotopic (exact) mass is 238 g/mol. The van der Waals surface area contributed by atoms with E-state index in [0.29, 0.717) is 0 Å². The Morgan fingerprint density at radius 1 is 0.941 bits per heavy atom. The molecule has 1 aliphatic carbocycles. The van der Waals surface area contributed by atoms with Crippen LogP contribution in [0, 0.1) is 11.8 Å². The molecule has 0 aromatic rings. The first-order chi connectivity index (χ1) is 8.33. The summed E-state index contributed by atoms with van der Waals surface area (Å²) in [5.74, 6) is 2.05. The summed E-state index contributed by atoms with van der Waals surface area (Å²) in [4.78, 5) is 10.1. The Kier molecular flexibility index (Phi) is 8.38. The Morgan fingerprint density at radius 2 is 1.59 bits per heavy atom. The van der Waals surface area contributed by atoms with Crippen molar-refractivity contribution in [2.75, 3.05) is 0 Å². The minimum Gasteiger partial charge on any atom is -0.303 e. The first kappa shape index (κ1) is 14.7. The van der Waals surface area contributed by atoms with Gasteiger partial charge in [0.1, 0.15) is 6.29 Å². The van der Waals surface area contributed by atoms with E-state index in [1.54, 1.807) is 0 Å². The summed E-state index contributed by atoms with van der Waals surface area (Å²) in [6.07, 6.45) is 17.1. The maximum absolute atomic E-state index is 10.1. The highest BCUT2D eigenvalue weighted by molar-refractivity contribution is 5.48. The predicted molar refractivity (Wildman–Crippen MR) is 74.1 cm³/mol. The highest BCUT2D eigenvalue weighted by Gasteiger charge is 2.20. The molecule has 2 unspecified atom stereocenters. The number of carbonyl (C=O) groups is 1. The molecule has 100 valence electrons. The molecule has 2 atom stereocenters. The molecule has 1 saturated carbocycles. The summed E-state index contributed by atoms with van der Waals surface area (Å²) in [5.41, 5.74) is 0. The summed E-state index contributed by atoms with van der Waals surface area (Å²) in [6.45, 7) is 2.40. The number of unbranched alkanes of at least 4 members (excludes halogenated alkanes) is 7. The number of aldehydes is 1. The largest absolute Gasteiger partial charge is 0.303 e. The van der Waals surface area contributed by atoms with E-state index in [-0.39, 0.29) is 0 Å². The lowest BCUT2D eigenvalue weighted by molar-refractivity contribution is -0.107. The molecule has 0 aliphatic heterocycles. The third-order valence-corrected chi connectivity index (χ3v) is 4.24. The minimum absolute atomic E-state index is 0.764. The van der Waals surface area contributed by atoms with Crippen LogP contribution in [-0.4, -0.2) is 6.29 Å². The van der Waals surface area contributed by atoms with Crippen molar-refractivity contribution in [2.24, 2.45) is 11.8 Å². The van der Waals surface area contributed by atoms with Crippen LogP contribution in [0.4, 0.5) is 0 Å². The Bertz CT molecular complexity index is 188. The zero-order chi connectivity index (χ0) is 12.3. The van der Waals surface area contributed by atoms with E-state index < -0.39 is 0 Å². The molecule has 1 aliphatic rings. The Balaban J connectivity index is 1.77. The number of hydrogen-bond acceptors (Lipinski definition) is 1. The van der Waals surface area contributed by atoms with Crippen molar-refractivity contribution >= 4 is 6.29 Å². The highest BCUT2D eigenvalue weighted by Crippen LogP contribution is 2.33. The molecule has 0 N–H and O–H groups in total. The SMILES string of the molecule is CC1CCC(CCCCCCCCCC=O)C1. The molecule has 0 bridgehead atoms. The fraction of sp³-hybridized carbons (Fsp3) is 0.938. The first-order valence-electron chi connectivity index (χ1n) is 7.76. The lowest BCUT2D eigenvalue weighted by atomic mass is 9.98. The maximum Gasteiger partial charge on any atom is 0.119 e. The van der Waals surface area contributed by atoms with Crippen molar-refractivity contribution in [1.29, 1.82) is 0 Å². The molecule has 0 amide bonds. The van der Waals surface area contributed by atoms with Crippen LogP contribution in [0.15, 0.2) is 0 Å². The van der Waals surface area contributed by atoms with E-state index in [0.717, 1.165) is 31.0 Å². The van der Waals surface area contributed by atoms with Crippen LogP contribution in [0.2, 0.25) is 0 Å². The average Bonchev–Trinajstić information content (AvgIpc) is 2.73. The lowest BCUT2D eigenvalue weighted by Crippen LogP contribution is -1.94. The molecule has 0 radical (unpaired) electrons. The van der Waals surface area contributed by atoms with Gasteiger partial charge in [-0.1, -0.05) is 64.7 Å². The highest BCUT2D eigenvalue weighted by atomic mass is 16.1. The van der Waals surface area contributed by atoms with Gasteiger partial charge in [-0.3, -0.25) is 0 Å². The molecule has 0 saturated heterocycles. The van der Waals surface area contributed by atoms with Gasteiger partial charge in [0.2, 0.25) is 0 Å². The topological polar surface area (TPSA) is 17.1 Å². The van der Waals surface area contributed by atoms with Crippen LogP contribution in [0.1, 0.15) is 84.0 Å². The van der Waals surface area contributed by atoms with Gasteiger partial charge in [0.05, 0.1) is 0 Å². The van der Waals surface area contributed by atoms with E-state index in [9.17, 15) is 4.79 Å². The van der Waals surface area contributed by atoms with E-state index >= 15 is 0 Å². The maximum atomic E-state index is 10.1. The molecule has 0 aromatic heterocycles. The van der Waals surface area contributed by atoms with Gasteiger partial charge in [-0.2, -0.15) is 0 Å². The van der Waals surface area contributed by atoms with E-state index in [1.807, 2.05) is 0 Å². The fourth-order valence-electron chi connectivity index (χ4n) is 3.13. The zero-order valence-corrected chi connectivity index (χ0v) is 11.6. The number of rotatable bonds is 10. The fourth-order valence-corrected chi connectivity index (χ4v) is 3.13. The van der Waals surface area contributed by atoms with Crippen molar-refractivity contribution in [1.82, 2.24) is 0 Å². The summed E-state index contributed by atoms with van der Waals surface area (Å²) < 4.78 is 0. The van der Waals surface area contributed by atoms with Gasteiger partial charge < -0.3 is 4.79 Å². The molecular formula is C16H30O.